The number of aliphatic hydroxyl groups excluding tert-OH is 1. The van der Waals surface area contributed by atoms with Crippen molar-refractivity contribution in [2.24, 2.45) is 5.41 Å². The second kappa shape index (κ2) is 7.66. The number of hydrogen-bond acceptors (Lipinski definition) is 4. The smallest absolute Gasteiger partial charge is 0.254 e. The molecule has 2 saturated heterocycles. The standard InChI is InChI=1S/C20H28N2O4/c1-15-4-5-16(12-17(15)26-2)19(25)22-9-3-7-20(14-22)8-6-18(24)21(13-20)10-11-23/h4-5,12,23H,3,6-11,13-14H2,1-2H3. The van der Waals surface area contributed by atoms with E-state index in [4.69, 9.17) is 4.74 Å². The van der Waals surface area contributed by atoms with E-state index in [1.54, 1.807) is 18.1 Å². The number of benzene rings is 1. The van der Waals surface area contributed by atoms with Crippen molar-refractivity contribution in [3.8, 4) is 5.75 Å². The van der Waals surface area contributed by atoms with Gasteiger partial charge in [-0.1, -0.05) is 6.07 Å². The maximum atomic E-state index is 13.0. The summed E-state index contributed by atoms with van der Waals surface area (Å²) in [5.74, 6) is 0.851. The fraction of sp³-hybridized carbons (Fsp3) is 0.600. The van der Waals surface area contributed by atoms with E-state index in [0.29, 0.717) is 31.6 Å². The largest absolute Gasteiger partial charge is 0.496 e. The normalized spacial score (nSPS) is 23.4. The molecule has 26 heavy (non-hydrogen) atoms. The summed E-state index contributed by atoms with van der Waals surface area (Å²) in [7, 11) is 1.61. The van der Waals surface area contributed by atoms with Gasteiger partial charge in [0.25, 0.3) is 5.91 Å². The lowest BCUT2D eigenvalue weighted by atomic mass is 9.73. The van der Waals surface area contributed by atoms with E-state index in [2.05, 4.69) is 0 Å². The van der Waals surface area contributed by atoms with Gasteiger partial charge < -0.3 is 19.6 Å². The highest BCUT2D eigenvalue weighted by molar-refractivity contribution is 5.95. The van der Waals surface area contributed by atoms with Gasteiger partial charge in [0.1, 0.15) is 5.75 Å². The monoisotopic (exact) mass is 360 g/mol. The predicted molar refractivity (Wildman–Crippen MR) is 98.2 cm³/mol. The van der Waals surface area contributed by atoms with Crippen LogP contribution in [-0.4, -0.2) is 66.6 Å². The first kappa shape index (κ1) is 18.7. The lowest BCUT2D eigenvalue weighted by molar-refractivity contribution is -0.139. The van der Waals surface area contributed by atoms with Crippen LogP contribution in [0.3, 0.4) is 0 Å². The number of carbonyl (C=O) groups excluding carboxylic acids is 2. The Labute approximate surface area is 154 Å². The van der Waals surface area contributed by atoms with Gasteiger partial charge in [-0.25, -0.2) is 0 Å². The molecule has 1 atom stereocenters. The Bertz CT molecular complexity index is 690. The van der Waals surface area contributed by atoms with Crippen molar-refractivity contribution < 1.29 is 19.4 Å². The summed E-state index contributed by atoms with van der Waals surface area (Å²) in [5.41, 5.74) is 1.60. The molecule has 1 spiro atoms. The van der Waals surface area contributed by atoms with Gasteiger partial charge >= 0.3 is 0 Å². The molecule has 0 saturated carbocycles. The van der Waals surface area contributed by atoms with Gasteiger partial charge in [0, 0.05) is 43.6 Å². The van der Waals surface area contributed by atoms with Gasteiger partial charge in [0.2, 0.25) is 5.91 Å². The van der Waals surface area contributed by atoms with E-state index < -0.39 is 0 Å². The summed E-state index contributed by atoms with van der Waals surface area (Å²) < 4.78 is 5.35. The van der Waals surface area contributed by atoms with Crippen LogP contribution >= 0.6 is 0 Å². The molecule has 0 radical (unpaired) electrons. The average molecular weight is 360 g/mol. The van der Waals surface area contributed by atoms with Gasteiger partial charge in [0.15, 0.2) is 0 Å². The van der Waals surface area contributed by atoms with Crippen molar-refractivity contribution in [2.75, 3.05) is 39.9 Å². The topological polar surface area (TPSA) is 70.1 Å². The van der Waals surface area contributed by atoms with Crippen LogP contribution in [0, 0.1) is 12.3 Å². The SMILES string of the molecule is COc1cc(C(=O)N2CCCC3(CCC(=O)N(CCO)C3)C2)ccc1C. The number of nitrogens with zero attached hydrogens (tertiary/aromatic N) is 2. The van der Waals surface area contributed by atoms with E-state index in [-0.39, 0.29) is 23.8 Å². The first-order chi connectivity index (χ1) is 12.5. The van der Waals surface area contributed by atoms with Gasteiger partial charge in [-0.2, -0.15) is 0 Å². The van der Waals surface area contributed by atoms with Gasteiger partial charge in [-0.15, -0.1) is 0 Å². The molecular weight excluding hydrogens is 332 g/mol. The fourth-order valence-electron chi connectivity index (χ4n) is 4.28. The Balaban J connectivity index is 1.75. The fourth-order valence-corrected chi connectivity index (χ4v) is 4.28. The molecule has 2 aliphatic heterocycles. The summed E-state index contributed by atoms with van der Waals surface area (Å²) in [4.78, 5) is 28.8. The van der Waals surface area contributed by atoms with Crippen molar-refractivity contribution >= 4 is 11.8 Å². The maximum Gasteiger partial charge on any atom is 0.254 e. The summed E-state index contributed by atoms with van der Waals surface area (Å²) >= 11 is 0. The van der Waals surface area contributed by atoms with Crippen LogP contribution in [0.15, 0.2) is 18.2 Å². The highest BCUT2D eigenvalue weighted by atomic mass is 16.5. The molecule has 2 amide bonds. The van der Waals surface area contributed by atoms with Crippen molar-refractivity contribution in [2.45, 2.75) is 32.6 Å². The molecule has 0 aromatic heterocycles. The summed E-state index contributed by atoms with van der Waals surface area (Å²) in [6, 6.07) is 5.57. The van der Waals surface area contributed by atoms with Crippen molar-refractivity contribution in [1.29, 1.82) is 0 Å². The van der Waals surface area contributed by atoms with Gasteiger partial charge in [-0.05, 0) is 43.9 Å². The average Bonchev–Trinajstić information content (AvgIpc) is 2.65. The number of aryl methyl sites for hydroxylation is 1. The molecule has 0 aliphatic carbocycles. The van der Waals surface area contributed by atoms with Crippen LogP contribution in [0.2, 0.25) is 0 Å². The number of ether oxygens (including phenoxy) is 1. The molecular formula is C20H28N2O4. The van der Waals surface area contributed by atoms with E-state index in [1.165, 1.54) is 0 Å². The molecule has 142 valence electrons. The lowest BCUT2D eigenvalue weighted by Gasteiger charge is -2.48. The summed E-state index contributed by atoms with van der Waals surface area (Å²) in [6.45, 7) is 4.35. The number of rotatable bonds is 4. The number of piperidine rings is 2. The van der Waals surface area contributed by atoms with Crippen molar-refractivity contribution in [1.82, 2.24) is 9.80 Å². The van der Waals surface area contributed by atoms with Gasteiger partial charge in [-0.3, -0.25) is 9.59 Å². The summed E-state index contributed by atoms with van der Waals surface area (Å²) in [6.07, 6.45) is 3.27. The number of hydrogen-bond donors (Lipinski definition) is 1. The molecule has 0 bridgehead atoms. The molecule has 2 heterocycles. The molecule has 1 unspecified atom stereocenters. The van der Waals surface area contributed by atoms with Crippen LogP contribution in [0.5, 0.6) is 5.75 Å². The number of aliphatic hydroxyl groups is 1. The van der Waals surface area contributed by atoms with Crippen LogP contribution in [0.25, 0.3) is 0 Å². The minimum Gasteiger partial charge on any atom is -0.496 e. The molecule has 6 heteroatoms. The molecule has 3 rings (SSSR count). The third-order valence-electron chi connectivity index (χ3n) is 5.72. The van der Waals surface area contributed by atoms with E-state index in [1.807, 2.05) is 24.0 Å². The van der Waals surface area contributed by atoms with E-state index in [9.17, 15) is 14.7 Å². The first-order valence-electron chi connectivity index (χ1n) is 9.30. The lowest BCUT2D eigenvalue weighted by Crippen LogP contribution is -2.55. The zero-order chi connectivity index (χ0) is 18.7. The van der Waals surface area contributed by atoms with Crippen molar-refractivity contribution in [3.63, 3.8) is 0 Å². The Morgan fingerprint density at radius 1 is 1.31 bits per heavy atom. The number of carbonyl (C=O) groups is 2. The second-order valence-electron chi connectivity index (χ2n) is 7.55. The number of methoxy groups -OCH3 is 1. The Morgan fingerprint density at radius 3 is 2.85 bits per heavy atom. The van der Waals surface area contributed by atoms with E-state index in [0.717, 1.165) is 37.1 Å². The van der Waals surface area contributed by atoms with E-state index >= 15 is 0 Å². The molecule has 1 aromatic rings. The van der Waals surface area contributed by atoms with Crippen LogP contribution in [-0.2, 0) is 4.79 Å². The van der Waals surface area contributed by atoms with Gasteiger partial charge in [0.05, 0.1) is 13.7 Å². The third-order valence-corrected chi connectivity index (χ3v) is 5.72. The van der Waals surface area contributed by atoms with Crippen LogP contribution in [0.4, 0.5) is 0 Å². The van der Waals surface area contributed by atoms with Crippen LogP contribution < -0.4 is 4.74 Å². The predicted octanol–water partition coefficient (Wildman–Crippen LogP) is 1.84. The zero-order valence-electron chi connectivity index (χ0n) is 15.7. The Kier molecular flexibility index (Phi) is 5.51. The first-order valence-corrected chi connectivity index (χ1v) is 9.30. The quantitative estimate of drug-likeness (QED) is 0.889. The number of likely N-dealkylation sites (tertiary alicyclic amines) is 2. The minimum absolute atomic E-state index is 0.0202. The molecule has 2 fully saturated rings. The maximum absolute atomic E-state index is 13.0. The molecule has 2 aliphatic rings. The minimum atomic E-state index is -0.0498. The Hall–Kier alpha value is -2.08. The highest BCUT2D eigenvalue weighted by Gasteiger charge is 2.42. The zero-order valence-corrected chi connectivity index (χ0v) is 15.7. The highest BCUT2D eigenvalue weighted by Crippen LogP contribution is 2.39. The molecule has 1 aromatic carbocycles. The Morgan fingerprint density at radius 2 is 2.12 bits per heavy atom. The molecule has 1 N–H and O–H groups in total. The third kappa shape index (κ3) is 3.70. The van der Waals surface area contributed by atoms with Crippen LogP contribution in [0.1, 0.15) is 41.6 Å². The second-order valence-corrected chi connectivity index (χ2v) is 7.55. The number of β-amino-alcohol motifs (C(OH)–C–C–N with tert-alkyl or cyclic N) is 1. The molecule has 6 nitrogen and oxygen atoms in total. The van der Waals surface area contributed by atoms with Crippen molar-refractivity contribution in [3.05, 3.63) is 29.3 Å². The number of amides is 2. The summed E-state index contributed by atoms with van der Waals surface area (Å²) in [5, 5.41) is 9.21.